The molecule has 0 aromatic heterocycles. The highest BCUT2D eigenvalue weighted by Crippen LogP contribution is 2.78. The van der Waals surface area contributed by atoms with Gasteiger partial charge in [0, 0.05) is 6.42 Å². The summed E-state index contributed by atoms with van der Waals surface area (Å²) in [5.74, 6) is 6.97. The molecule has 2 heteroatoms. The van der Waals surface area contributed by atoms with Crippen molar-refractivity contribution in [1.29, 1.82) is 0 Å². The van der Waals surface area contributed by atoms with Crippen LogP contribution in [0.4, 0.5) is 0 Å². The summed E-state index contributed by atoms with van der Waals surface area (Å²) in [6.07, 6.45) is 8.03. The first-order valence-corrected chi connectivity index (χ1v) is 7.69. The lowest BCUT2D eigenvalue weighted by Gasteiger charge is -2.52. The highest BCUT2D eigenvalue weighted by Gasteiger charge is 2.80. The largest absolute Gasteiger partial charge is 0.371 e. The van der Waals surface area contributed by atoms with Gasteiger partial charge in [-0.1, -0.05) is 0 Å². The fourth-order valence-corrected chi connectivity index (χ4v) is 7.91. The molecule has 11 atom stereocenters. The van der Waals surface area contributed by atoms with Gasteiger partial charge >= 0.3 is 0 Å². The van der Waals surface area contributed by atoms with Crippen molar-refractivity contribution < 1.29 is 9.47 Å². The number of fused-ring (bicyclic) bond motifs is 10. The van der Waals surface area contributed by atoms with E-state index in [1.54, 1.807) is 6.42 Å². The van der Waals surface area contributed by atoms with Crippen LogP contribution < -0.4 is 0 Å². The zero-order valence-electron chi connectivity index (χ0n) is 9.92. The van der Waals surface area contributed by atoms with E-state index in [0.717, 1.165) is 41.4 Å². The van der Waals surface area contributed by atoms with E-state index in [9.17, 15) is 0 Å². The van der Waals surface area contributed by atoms with Gasteiger partial charge in [0.2, 0.25) is 0 Å². The molecule has 0 radical (unpaired) electrons. The molecule has 3 aliphatic heterocycles. The minimum atomic E-state index is 0.397. The highest BCUT2D eigenvalue weighted by molar-refractivity contribution is 5.28. The second-order valence-corrected chi connectivity index (χ2v) is 8.09. The van der Waals surface area contributed by atoms with Crippen molar-refractivity contribution in [2.45, 2.75) is 49.6 Å². The molecule has 0 N–H and O–H groups in total. The van der Waals surface area contributed by atoms with Crippen LogP contribution in [0.1, 0.15) is 25.7 Å². The van der Waals surface area contributed by atoms with Crippen LogP contribution in [0.2, 0.25) is 0 Å². The summed E-state index contributed by atoms with van der Waals surface area (Å²) in [6.45, 7) is 0. The summed E-state index contributed by atoms with van der Waals surface area (Å²) < 4.78 is 12.2. The summed E-state index contributed by atoms with van der Waals surface area (Å²) in [7, 11) is 0. The van der Waals surface area contributed by atoms with Gasteiger partial charge in [-0.2, -0.15) is 0 Å². The molecule has 0 aromatic carbocycles. The SMILES string of the molecule is C1C2C3CC4C5CC6(CC5O6)C4C3C1C1OC21. The van der Waals surface area contributed by atoms with E-state index < -0.39 is 0 Å². The van der Waals surface area contributed by atoms with Crippen LogP contribution >= 0.6 is 0 Å². The van der Waals surface area contributed by atoms with Crippen LogP contribution in [-0.2, 0) is 9.47 Å². The Morgan fingerprint density at radius 2 is 1.65 bits per heavy atom. The van der Waals surface area contributed by atoms with Crippen LogP contribution in [0.5, 0.6) is 0 Å². The first kappa shape index (κ1) is 8.16. The average Bonchev–Trinajstić information content (AvgIpc) is 2.77. The summed E-state index contributed by atoms with van der Waals surface area (Å²) in [5, 5.41) is 0. The molecule has 90 valence electrons. The number of ether oxygens (including phenoxy) is 2. The van der Waals surface area contributed by atoms with Crippen molar-refractivity contribution in [3.05, 3.63) is 0 Å². The van der Waals surface area contributed by atoms with E-state index in [0.29, 0.717) is 23.9 Å². The van der Waals surface area contributed by atoms with Gasteiger partial charge in [0.05, 0.1) is 23.9 Å². The number of hydrogen-bond acceptors (Lipinski definition) is 2. The molecule has 5 bridgehead atoms. The molecule has 5 aliphatic carbocycles. The molecule has 8 fully saturated rings. The standard InChI is InChI=1S/C15H18O2/c1-5-7-2-8(14-13(7)16-14)11(5)12-6(1)9-3-15(12)4-10(9)17-15/h5-14H,1-4H2. The van der Waals surface area contributed by atoms with E-state index >= 15 is 0 Å². The van der Waals surface area contributed by atoms with Gasteiger partial charge in [-0.15, -0.1) is 0 Å². The van der Waals surface area contributed by atoms with E-state index in [2.05, 4.69) is 0 Å². The molecule has 11 unspecified atom stereocenters. The topological polar surface area (TPSA) is 21.8 Å². The van der Waals surface area contributed by atoms with Gasteiger partial charge in [0.25, 0.3) is 0 Å². The molecule has 0 amide bonds. The lowest BCUT2D eigenvalue weighted by atomic mass is 9.67. The van der Waals surface area contributed by atoms with Crippen LogP contribution in [0.3, 0.4) is 0 Å². The molecule has 2 nitrogen and oxygen atoms in total. The Morgan fingerprint density at radius 3 is 2.59 bits per heavy atom. The summed E-state index contributed by atoms with van der Waals surface area (Å²) >= 11 is 0. The van der Waals surface area contributed by atoms with Gasteiger partial charge in [0.15, 0.2) is 0 Å². The lowest BCUT2D eigenvalue weighted by molar-refractivity contribution is -0.230. The molecule has 8 aliphatic rings. The quantitative estimate of drug-likeness (QED) is 0.592. The smallest absolute Gasteiger partial charge is 0.0875 e. The van der Waals surface area contributed by atoms with Crippen LogP contribution in [0, 0.1) is 41.4 Å². The third kappa shape index (κ3) is 0.613. The maximum atomic E-state index is 6.27. The summed E-state index contributed by atoms with van der Waals surface area (Å²) in [4.78, 5) is 0. The minimum Gasteiger partial charge on any atom is -0.371 e. The van der Waals surface area contributed by atoms with E-state index in [4.69, 9.17) is 9.47 Å². The fraction of sp³-hybridized carbons (Fsp3) is 1.00. The van der Waals surface area contributed by atoms with Gasteiger partial charge < -0.3 is 9.47 Å². The second kappa shape index (κ2) is 2.02. The van der Waals surface area contributed by atoms with Crippen molar-refractivity contribution in [3.8, 4) is 0 Å². The highest BCUT2D eigenvalue weighted by atomic mass is 16.6. The minimum absolute atomic E-state index is 0.397. The summed E-state index contributed by atoms with van der Waals surface area (Å²) in [5.41, 5.74) is 0.397. The Morgan fingerprint density at radius 1 is 0.824 bits per heavy atom. The molecule has 0 aromatic rings. The Balaban J connectivity index is 1.41. The van der Waals surface area contributed by atoms with E-state index in [1.807, 2.05) is 0 Å². The predicted octanol–water partition coefficient (Wildman–Crippen LogP) is 1.83. The molecule has 1 spiro atoms. The maximum Gasteiger partial charge on any atom is 0.0875 e. The zero-order chi connectivity index (χ0) is 10.5. The molecular formula is C15H18O2. The van der Waals surface area contributed by atoms with Gasteiger partial charge in [-0.25, -0.2) is 0 Å². The molecule has 3 heterocycles. The molecular weight excluding hydrogens is 212 g/mol. The third-order valence-corrected chi connectivity index (χ3v) is 8.06. The van der Waals surface area contributed by atoms with E-state index in [-0.39, 0.29) is 0 Å². The summed E-state index contributed by atoms with van der Waals surface area (Å²) in [6, 6.07) is 0. The van der Waals surface area contributed by atoms with Gasteiger partial charge in [-0.05, 0) is 60.7 Å². The predicted molar refractivity (Wildman–Crippen MR) is 59.2 cm³/mol. The Bertz CT molecular complexity index is 454. The lowest BCUT2D eigenvalue weighted by Crippen LogP contribution is -2.56. The Kier molecular flexibility index (Phi) is 0.968. The fourth-order valence-electron chi connectivity index (χ4n) is 7.91. The Labute approximate surface area is 101 Å². The number of rotatable bonds is 0. The van der Waals surface area contributed by atoms with Crippen LogP contribution in [0.15, 0.2) is 0 Å². The van der Waals surface area contributed by atoms with Crippen LogP contribution in [0.25, 0.3) is 0 Å². The van der Waals surface area contributed by atoms with Crippen molar-refractivity contribution in [2.24, 2.45) is 41.4 Å². The average molecular weight is 230 g/mol. The van der Waals surface area contributed by atoms with Crippen molar-refractivity contribution in [3.63, 3.8) is 0 Å². The van der Waals surface area contributed by atoms with Gasteiger partial charge in [-0.3, -0.25) is 0 Å². The first-order valence-electron chi connectivity index (χ1n) is 7.69. The molecule has 17 heavy (non-hydrogen) atoms. The molecule has 8 rings (SSSR count). The second-order valence-electron chi connectivity index (χ2n) is 8.09. The first-order chi connectivity index (χ1) is 8.36. The van der Waals surface area contributed by atoms with Crippen molar-refractivity contribution in [2.75, 3.05) is 0 Å². The number of epoxide rings is 1. The molecule has 5 saturated carbocycles. The van der Waals surface area contributed by atoms with Crippen molar-refractivity contribution in [1.82, 2.24) is 0 Å². The Hall–Kier alpha value is -0.0800. The zero-order valence-corrected chi connectivity index (χ0v) is 9.92. The monoisotopic (exact) mass is 230 g/mol. The third-order valence-electron chi connectivity index (χ3n) is 8.06. The normalized spacial score (nSPS) is 83.3. The number of hydrogen-bond donors (Lipinski definition) is 0. The van der Waals surface area contributed by atoms with Gasteiger partial charge in [0.1, 0.15) is 0 Å². The van der Waals surface area contributed by atoms with Crippen LogP contribution in [-0.4, -0.2) is 23.9 Å². The van der Waals surface area contributed by atoms with E-state index in [1.165, 1.54) is 19.3 Å². The maximum absolute atomic E-state index is 6.27. The van der Waals surface area contributed by atoms with Crippen molar-refractivity contribution >= 4 is 0 Å². The molecule has 3 saturated heterocycles.